The molecule has 0 spiro atoms. The Hall–Kier alpha value is -1.75. The highest BCUT2D eigenvalue weighted by Crippen LogP contribution is 2.26. The maximum Gasteiger partial charge on any atom is 0.234 e. The van der Waals surface area contributed by atoms with Gasteiger partial charge in [0.1, 0.15) is 0 Å². The third-order valence-corrected chi connectivity index (χ3v) is 5.48. The molecule has 0 radical (unpaired) electrons. The number of nitrogens with zero attached hydrogens (tertiary/aromatic N) is 2. The molecule has 2 aromatic rings. The summed E-state index contributed by atoms with van der Waals surface area (Å²) in [4.78, 5) is 17.0. The number of halogens is 2. The number of carbonyl (C=O) groups excluding carboxylic acids is 1. The quantitative estimate of drug-likeness (QED) is 0.804. The first-order valence-corrected chi connectivity index (χ1v) is 9.96. The molecule has 1 atom stereocenters. The van der Waals surface area contributed by atoms with Gasteiger partial charge in [-0.1, -0.05) is 41.4 Å². The number of amides is 1. The van der Waals surface area contributed by atoms with Gasteiger partial charge < -0.3 is 10.2 Å². The monoisotopic (exact) mass is 405 g/mol. The summed E-state index contributed by atoms with van der Waals surface area (Å²) < 4.78 is 0. The van der Waals surface area contributed by atoms with Crippen molar-refractivity contribution < 1.29 is 4.79 Å². The minimum atomic E-state index is -0.157. The molecule has 3 rings (SSSR count). The molecule has 1 N–H and O–H groups in total. The fraction of sp³-hybridized carbons (Fsp3) is 0.381. The molecule has 144 valence electrons. The van der Waals surface area contributed by atoms with Gasteiger partial charge in [-0.15, -0.1) is 0 Å². The fourth-order valence-electron chi connectivity index (χ4n) is 3.41. The summed E-state index contributed by atoms with van der Waals surface area (Å²) in [6.45, 7) is 8.04. The maximum atomic E-state index is 12.4. The zero-order valence-electron chi connectivity index (χ0n) is 15.7. The highest BCUT2D eigenvalue weighted by Gasteiger charge is 2.20. The molecule has 1 saturated heterocycles. The summed E-state index contributed by atoms with van der Waals surface area (Å²) in [6.07, 6.45) is 0. The fourth-order valence-corrected chi connectivity index (χ4v) is 3.98. The predicted molar refractivity (Wildman–Crippen MR) is 113 cm³/mol. The number of aryl methyl sites for hydroxylation is 1. The Morgan fingerprint density at radius 2 is 1.85 bits per heavy atom. The van der Waals surface area contributed by atoms with Crippen LogP contribution >= 0.6 is 23.2 Å². The molecule has 1 unspecified atom stereocenters. The van der Waals surface area contributed by atoms with E-state index in [1.807, 2.05) is 13.0 Å². The zero-order valence-corrected chi connectivity index (χ0v) is 17.2. The minimum Gasteiger partial charge on any atom is -0.369 e. The zero-order chi connectivity index (χ0) is 19.4. The topological polar surface area (TPSA) is 35.6 Å². The van der Waals surface area contributed by atoms with E-state index in [9.17, 15) is 4.79 Å². The Kier molecular flexibility index (Phi) is 6.64. The van der Waals surface area contributed by atoms with Gasteiger partial charge in [0.15, 0.2) is 0 Å². The Balaban J connectivity index is 1.49. The first-order valence-electron chi connectivity index (χ1n) is 9.20. The van der Waals surface area contributed by atoms with Crippen LogP contribution in [0.4, 0.5) is 5.69 Å². The summed E-state index contributed by atoms with van der Waals surface area (Å²) >= 11 is 12.2. The van der Waals surface area contributed by atoms with E-state index in [0.29, 0.717) is 16.6 Å². The smallest absolute Gasteiger partial charge is 0.234 e. The molecule has 0 bridgehead atoms. The van der Waals surface area contributed by atoms with E-state index in [-0.39, 0.29) is 11.9 Å². The highest BCUT2D eigenvalue weighted by atomic mass is 35.5. The average Bonchev–Trinajstić information content (AvgIpc) is 2.62. The molecule has 1 fully saturated rings. The van der Waals surface area contributed by atoms with Gasteiger partial charge in [0.05, 0.1) is 12.6 Å². The van der Waals surface area contributed by atoms with Crippen LogP contribution in [-0.4, -0.2) is 43.5 Å². The van der Waals surface area contributed by atoms with Crippen LogP contribution in [0.1, 0.15) is 24.1 Å². The summed E-state index contributed by atoms with van der Waals surface area (Å²) in [6, 6.07) is 13.7. The third-order valence-electron chi connectivity index (χ3n) is 4.91. The molecule has 4 nitrogen and oxygen atoms in total. The lowest BCUT2D eigenvalue weighted by Crippen LogP contribution is -2.49. The molecule has 2 aromatic carbocycles. The van der Waals surface area contributed by atoms with Gasteiger partial charge in [0.2, 0.25) is 5.91 Å². The minimum absolute atomic E-state index is 0.0116. The van der Waals surface area contributed by atoms with Crippen LogP contribution in [-0.2, 0) is 4.79 Å². The molecular formula is C21H25Cl2N3O. The first-order chi connectivity index (χ1) is 12.9. The summed E-state index contributed by atoms with van der Waals surface area (Å²) in [5.74, 6) is 0.0116. The van der Waals surface area contributed by atoms with Crippen molar-refractivity contribution in [1.29, 1.82) is 0 Å². The van der Waals surface area contributed by atoms with Gasteiger partial charge in [-0.2, -0.15) is 0 Å². The van der Waals surface area contributed by atoms with Crippen molar-refractivity contribution >= 4 is 34.8 Å². The number of piperazine rings is 1. The molecule has 1 heterocycles. The summed E-state index contributed by atoms with van der Waals surface area (Å²) in [5, 5.41) is 4.20. The van der Waals surface area contributed by atoms with Gasteiger partial charge in [-0.05, 0) is 49.2 Å². The van der Waals surface area contributed by atoms with E-state index in [2.05, 4.69) is 46.3 Å². The molecule has 6 heteroatoms. The number of anilines is 1. The molecule has 0 aliphatic carbocycles. The van der Waals surface area contributed by atoms with Crippen molar-refractivity contribution in [1.82, 2.24) is 10.2 Å². The van der Waals surface area contributed by atoms with Crippen molar-refractivity contribution in [2.75, 3.05) is 37.6 Å². The number of hydrogen-bond donors (Lipinski definition) is 1. The SMILES string of the molecule is Cc1cccc(N2CCN(CC(=O)NC(C)c3ccc(Cl)cc3Cl)CC2)c1. The van der Waals surface area contributed by atoms with Gasteiger partial charge in [0, 0.05) is 41.9 Å². The first kappa shape index (κ1) is 20.0. The normalized spacial score (nSPS) is 16.2. The van der Waals surface area contributed by atoms with Gasteiger partial charge in [-0.25, -0.2) is 0 Å². The van der Waals surface area contributed by atoms with Crippen LogP contribution in [0.25, 0.3) is 0 Å². The van der Waals surface area contributed by atoms with E-state index in [1.54, 1.807) is 12.1 Å². The Labute approximate surface area is 171 Å². The highest BCUT2D eigenvalue weighted by molar-refractivity contribution is 6.35. The molecule has 1 aliphatic heterocycles. The third kappa shape index (κ3) is 5.38. The number of rotatable bonds is 5. The van der Waals surface area contributed by atoms with E-state index >= 15 is 0 Å². The molecule has 0 saturated carbocycles. The number of benzene rings is 2. The van der Waals surface area contributed by atoms with Crippen molar-refractivity contribution in [3.8, 4) is 0 Å². The van der Waals surface area contributed by atoms with Crippen LogP contribution in [0, 0.1) is 6.92 Å². The van der Waals surface area contributed by atoms with Gasteiger partial charge >= 0.3 is 0 Å². The molecular weight excluding hydrogens is 381 g/mol. The molecule has 27 heavy (non-hydrogen) atoms. The van der Waals surface area contributed by atoms with Gasteiger partial charge in [-0.3, -0.25) is 9.69 Å². The largest absolute Gasteiger partial charge is 0.369 e. The Morgan fingerprint density at radius 1 is 1.11 bits per heavy atom. The summed E-state index contributed by atoms with van der Waals surface area (Å²) in [5.41, 5.74) is 3.40. The van der Waals surface area contributed by atoms with Crippen molar-refractivity contribution in [3.63, 3.8) is 0 Å². The standard InChI is InChI=1S/C21H25Cl2N3O/c1-15-4-3-5-18(12-15)26-10-8-25(9-11-26)14-21(27)24-16(2)19-7-6-17(22)13-20(19)23/h3-7,12-13,16H,8-11,14H2,1-2H3,(H,24,27). The second kappa shape index (κ2) is 8.96. The van der Waals surface area contributed by atoms with Crippen molar-refractivity contribution in [3.05, 3.63) is 63.6 Å². The lowest BCUT2D eigenvalue weighted by Gasteiger charge is -2.36. The van der Waals surface area contributed by atoms with Crippen molar-refractivity contribution in [2.45, 2.75) is 19.9 Å². The number of carbonyl (C=O) groups is 1. The lowest BCUT2D eigenvalue weighted by atomic mass is 10.1. The van der Waals surface area contributed by atoms with E-state index < -0.39 is 0 Å². The van der Waals surface area contributed by atoms with E-state index in [0.717, 1.165) is 31.7 Å². The molecule has 0 aromatic heterocycles. The van der Waals surface area contributed by atoms with Gasteiger partial charge in [0.25, 0.3) is 0 Å². The number of hydrogen-bond acceptors (Lipinski definition) is 3. The molecule has 1 aliphatic rings. The van der Waals surface area contributed by atoms with Crippen LogP contribution in [0.5, 0.6) is 0 Å². The second-order valence-electron chi connectivity index (χ2n) is 7.06. The maximum absolute atomic E-state index is 12.4. The number of nitrogens with one attached hydrogen (secondary N) is 1. The van der Waals surface area contributed by atoms with E-state index in [4.69, 9.17) is 23.2 Å². The molecule has 1 amide bonds. The second-order valence-corrected chi connectivity index (χ2v) is 7.90. The Bertz CT molecular complexity index is 804. The van der Waals surface area contributed by atoms with Crippen LogP contribution in [0.3, 0.4) is 0 Å². The van der Waals surface area contributed by atoms with Crippen LogP contribution in [0.2, 0.25) is 10.0 Å². The predicted octanol–water partition coefficient (Wildman–Crippen LogP) is 4.30. The summed E-state index contributed by atoms with van der Waals surface area (Å²) in [7, 11) is 0. The van der Waals surface area contributed by atoms with Crippen LogP contribution in [0.15, 0.2) is 42.5 Å². The van der Waals surface area contributed by atoms with Crippen LogP contribution < -0.4 is 10.2 Å². The Morgan fingerprint density at radius 3 is 2.52 bits per heavy atom. The lowest BCUT2D eigenvalue weighted by molar-refractivity contribution is -0.123. The average molecular weight is 406 g/mol. The van der Waals surface area contributed by atoms with Crippen molar-refractivity contribution in [2.24, 2.45) is 0 Å². The van der Waals surface area contributed by atoms with E-state index in [1.165, 1.54) is 11.3 Å².